The van der Waals surface area contributed by atoms with Crippen molar-refractivity contribution < 1.29 is 38.2 Å². The highest BCUT2D eigenvalue weighted by atomic mass is 31.2. The predicted molar refractivity (Wildman–Crippen MR) is 143 cm³/mol. The molecule has 0 saturated carbocycles. The summed E-state index contributed by atoms with van der Waals surface area (Å²) in [7, 11) is -3.58. The van der Waals surface area contributed by atoms with Gasteiger partial charge in [-0.2, -0.15) is 0 Å². The number of amides is 2. The molecule has 2 heterocycles. The lowest BCUT2D eigenvalue weighted by Gasteiger charge is -2.27. The van der Waals surface area contributed by atoms with Crippen molar-refractivity contribution in [3.05, 3.63) is 69.0 Å². The molecule has 1 aromatic heterocycles. The molecule has 14 nitrogen and oxygen atoms in total. The quantitative estimate of drug-likeness (QED) is 0.151. The highest BCUT2D eigenvalue weighted by Crippen LogP contribution is 2.60. The Bertz CT molecular complexity index is 1290. The topological polar surface area (TPSA) is 198 Å². The van der Waals surface area contributed by atoms with Crippen LogP contribution in [0.5, 0.6) is 0 Å². The summed E-state index contributed by atoms with van der Waals surface area (Å²) in [6.07, 6.45) is -4.75. The highest BCUT2D eigenvalue weighted by Gasteiger charge is 2.47. The summed E-state index contributed by atoms with van der Waals surface area (Å²) in [5.74, 6) is -1.09. The van der Waals surface area contributed by atoms with Crippen molar-refractivity contribution in [3.63, 3.8) is 0 Å². The van der Waals surface area contributed by atoms with Gasteiger partial charge in [0.05, 0.1) is 13.2 Å². The van der Waals surface area contributed by atoms with Crippen molar-refractivity contribution in [2.75, 3.05) is 26.3 Å². The van der Waals surface area contributed by atoms with Crippen LogP contribution >= 0.6 is 7.60 Å². The van der Waals surface area contributed by atoms with Gasteiger partial charge < -0.3 is 34.6 Å². The van der Waals surface area contributed by atoms with Crippen LogP contribution in [0.15, 0.2) is 52.2 Å². The standard InChI is InChI=1S/C25H35N4O10P/c1-3-37-40(36,38-4-2)17(16-9-6-5-7-10-16)15-27-18(30)11-8-13-26-23(34)22-20(32)21(33)24(39-22)29-14-12-19(31)28-25(29)35/h5-7,9-10,12,14,17,20-22,24,32-33H,3-4,8,11,13,15H2,1-2H3,(H,26,34)(H,27,30)(H,28,31,35)/t17?,20-,21+,22-,24+/m0/s1. The summed E-state index contributed by atoms with van der Waals surface area (Å²) < 4.78 is 30.7. The normalized spacial score (nSPS) is 21.6. The maximum Gasteiger partial charge on any atom is 0.339 e. The number of H-pyrrole nitrogens is 1. The largest absolute Gasteiger partial charge is 0.387 e. The van der Waals surface area contributed by atoms with Crippen LogP contribution in [0.1, 0.15) is 44.1 Å². The van der Waals surface area contributed by atoms with Gasteiger partial charge in [0.25, 0.3) is 11.5 Å². The molecule has 1 saturated heterocycles. The van der Waals surface area contributed by atoms with Gasteiger partial charge in [0.2, 0.25) is 5.91 Å². The number of carbonyl (C=O) groups is 2. The second-order valence-electron chi connectivity index (χ2n) is 8.95. The number of nitrogens with one attached hydrogen (secondary N) is 3. The molecule has 2 aromatic rings. The molecule has 2 amide bonds. The fraction of sp³-hybridized carbons (Fsp3) is 0.520. The number of hydrogen-bond donors (Lipinski definition) is 5. The molecule has 40 heavy (non-hydrogen) atoms. The number of carbonyl (C=O) groups excluding carboxylic acids is 2. The lowest BCUT2D eigenvalue weighted by molar-refractivity contribution is -0.138. The molecule has 1 fully saturated rings. The van der Waals surface area contributed by atoms with Crippen molar-refractivity contribution >= 4 is 19.4 Å². The molecule has 5 atom stereocenters. The molecule has 0 bridgehead atoms. The third-order valence-corrected chi connectivity index (χ3v) is 8.66. The zero-order valence-electron chi connectivity index (χ0n) is 22.2. The van der Waals surface area contributed by atoms with E-state index in [4.69, 9.17) is 13.8 Å². The van der Waals surface area contributed by atoms with Gasteiger partial charge in [0.15, 0.2) is 12.3 Å². The minimum absolute atomic E-state index is 0.0119. The Morgan fingerprint density at radius 3 is 2.38 bits per heavy atom. The van der Waals surface area contributed by atoms with Crippen LogP contribution in [0, 0.1) is 0 Å². The summed E-state index contributed by atoms with van der Waals surface area (Å²) in [5.41, 5.74) is -1.54. The van der Waals surface area contributed by atoms with Gasteiger partial charge in [-0.3, -0.25) is 28.5 Å². The first-order valence-electron chi connectivity index (χ1n) is 12.9. The molecule has 1 aromatic carbocycles. The summed E-state index contributed by atoms with van der Waals surface area (Å²) in [6.45, 7) is 3.83. The Balaban J connectivity index is 1.51. The van der Waals surface area contributed by atoms with Crippen molar-refractivity contribution in [2.45, 2.75) is 56.9 Å². The van der Waals surface area contributed by atoms with E-state index in [9.17, 15) is 34.0 Å². The number of aliphatic hydroxyl groups excluding tert-OH is 2. The number of nitrogens with zero attached hydrogens (tertiary/aromatic N) is 1. The summed E-state index contributed by atoms with van der Waals surface area (Å²) in [6, 6.07) is 10.0. The zero-order valence-corrected chi connectivity index (χ0v) is 23.1. The smallest absolute Gasteiger partial charge is 0.339 e. The number of aliphatic hydroxyl groups is 2. The van der Waals surface area contributed by atoms with E-state index in [-0.39, 0.29) is 45.1 Å². The summed E-state index contributed by atoms with van der Waals surface area (Å²) >= 11 is 0. The van der Waals surface area contributed by atoms with E-state index < -0.39 is 55.0 Å². The monoisotopic (exact) mass is 582 g/mol. The molecule has 220 valence electrons. The minimum Gasteiger partial charge on any atom is -0.387 e. The molecular weight excluding hydrogens is 547 g/mol. The van der Waals surface area contributed by atoms with E-state index in [1.165, 1.54) is 0 Å². The highest BCUT2D eigenvalue weighted by molar-refractivity contribution is 7.54. The van der Waals surface area contributed by atoms with Gasteiger partial charge in [-0.15, -0.1) is 0 Å². The second kappa shape index (κ2) is 14.5. The van der Waals surface area contributed by atoms with Crippen molar-refractivity contribution in [1.82, 2.24) is 20.2 Å². The molecule has 3 rings (SSSR count). The van der Waals surface area contributed by atoms with Crippen LogP contribution in [0.2, 0.25) is 0 Å². The number of hydrogen-bond acceptors (Lipinski definition) is 10. The molecular formula is C25H35N4O10P. The van der Waals surface area contributed by atoms with Gasteiger partial charge in [0, 0.05) is 31.8 Å². The van der Waals surface area contributed by atoms with E-state index in [1.54, 1.807) is 38.1 Å². The Labute approximate surface area is 230 Å². The molecule has 1 aliphatic rings. The molecule has 5 N–H and O–H groups in total. The van der Waals surface area contributed by atoms with E-state index in [0.29, 0.717) is 5.56 Å². The van der Waals surface area contributed by atoms with E-state index in [2.05, 4.69) is 10.6 Å². The van der Waals surface area contributed by atoms with Crippen LogP contribution in [0.3, 0.4) is 0 Å². The van der Waals surface area contributed by atoms with E-state index in [1.807, 2.05) is 11.1 Å². The van der Waals surface area contributed by atoms with Crippen LogP contribution in [0.4, 0.5) is 0 Å². The van der Waals surface area contributed by atoms with Gasteiger partial charge in [-0.05, 0) is 25.8 Å². The Morgan fingerprint density at radius 2 is 1.75 bits per heavy atom. The number of aromatic nitrogens is 2. The first-order chi connectivity index (χ1) is 19.1. The van der Waals surface area contributed by atoms with Gasteiger partial charge >= 0.3 is 13.3 Å². The van der Waals surface area contributed by atoms with Crippen LogP contribution in [0.25, 0.3) is 0 Å². The molecule has 0 radical (unpaired) electrons. The second-order valence-corrected chi connectivity index (χ2v) is 11.2. The lowest BCUT2D eigenvalue weighted by atomic mass is 10.1. The fourth-order valence-corrected chi connectivity index (χ4v) is 6.26. The van der Waals surface area contributed by atoms with E-state index in [0.717, 1.165) is 16.8 Å². The van der Waals surface area contributed by atoms with Crippen LogP contribution in [-0.2, 0) is 27.9 Å². The van der Waals surface area contributed by atoms with Crippen molar-refractivity contribution in [1.29, 1.82) is 0 Å². The molecule has 0 aliphatic carbocycles. The SMILES string of the molecule is CCOP(=O)(OCC)C(CNC(=O)CCCNC(=O)[C@H]1O[C@@H](n2ccc(=O)[nH]c2=O)[C@H](O)[C@@H]1O)c1ccccc1. The maximum atomic E-state index is 13.5. The van der Waals surface area contributed by atoms with Crippen molar-refractivity contribution in [3.8, 4) is 0 Å². The maximum absolute atomic E-state index is 13.5. The average Bonchev–Trinajstić information content (AvgIpc) is 3.21. The first kappa shape index (κ1) is 31.4. The number of benzene rings is 1. The predicted octanol–water partition coefficient (Wildman–Crippen LogP) is 0.176. The Hall–Kier alpha value is -3.13. The van der Waals surface area contributed by atoms with Crippen LogP contribution < -0.4 is 21.9 Å². The average molecular weight is 583 g/mol. The van der Waals surface area contributed by atoms with Gasteiger partial charge in [0.1, 0.15) is 17.9 Å². The summed E-state index contributed by atoms with van der Waals surface area (Å²) in [4.78, 5) is 50.3. The number of aromatic amines is 1. The van der Waals surface area contributed by atoms with Crippen LogP contribution in [-0.4, -0.2) is 76.2 Å². The molecule has 0 spiro atoms. The van der Waals surface area contributed by atoms with E-state index >= 15 is 0 Å². The molecule has 1 aliphatic heterocycles. The third-order valence-electron chi connectivity index (χ3n) is 6.18. The Morgan fingerprint density at radius 1 is 1.07 bits per heavy atom. The zero-order chi connectivity index (χ0) is 29.3. The summed E-state index contributed by atoms with van der Waals surface area (Å²) in [5, 5.41) is 25.8. The van der Waals surface area contributed by atoms with Gasteiger partial charge in [-0.1, -0.05) is 30.3 Å². The lowest BCUT2D eigenvalue weighted by Crippen LogP contribution is -2.43. The van der Waals surface area contributed by atoms with Crippen molar-refractivity contribution in [2.24, 2.45) is 0 Å². The Kier molecular flexibility index (Phi) is 11.4. The fourth-order valence-electron chi connectivity index (χ4n) is 4.26. The molecule has 15 heteroatoms. The minimum atomic E-state index is -3.58. The van der Waals surface area contributed by atoms with Gasteiger partial charge in [-0.25, -0.2) is 4.79 Å². The number of ether oxygens (including phenoxy) is 1. The number of rotatable bonds is 14. The first-order valence-corrected chi connectivity index (χ1v) is 14.5. The molecule has 1 unspecified atom stereocenters. The third kappa shape index (κ3) is 7.74.